The van der Waals surface area contributed by atoms with Gasteiger partial charge >= 0.3 is 6.18 Å². The van der Waals surface area contributed by atoms with E-state index in [0.717, 1.165) is 12.1 Å². The summed E-state index contributed by atoms with van der Waals surface area (Å²) in [5.41, 5.74) is -0.449. The van der Waals surface area contributed by atoms with Gasteiger partial charge < -0.3 is 4.90 Å². The number of halogens is 3. The van der Waals surface area contributed by atoms with Crippen LogP contribution >= 0.6 is 0 Å². The lowest BCUT2D eigenvalue weighted by Crippen LogP contribution is -2.21. The first-order valence-corrected chi connectivity index (χ1v) is 4.66. The number of Topliss-reactive ketones (excluding diaryl/α,β-unsaturated/α-hetero) is 1. The average molecular weight is 231 g/mol. The van der Waals surface area contributed by atoms with Crippen molar-refractivity contribution in [3.63, 3.8) is 0 Å². The number of benzene rings is 1. The van der Waals surface area contributed by atoms with Gasteiger partial charge in [-0.15, -0.1) is 0 Å². The van der Waals surface area contributed by atoms with E-state index in [1.807, 2.05) is 0 Å². The van der Waals surface area contributed by atoms with Crippen LogP contribution in [0.25, 0.3) is 0 Å². The zero-order valence-electron chi connectivity index (χ0n) is 9.01. The van der Waals surface area contributed by atoms with Crippen molar-refractivity contribution in [2.45, 2.75) is 6.18 Å². The Bertz CT molecular complexity index is 368. The molecule has 1 aromatic rings. The van der Waals surface area contributed by atoms with Gasteiger partial charge in [0, 0.05) is 5.56 Å². The summed E-state index contributed by atoms with van der Waals surface area (Å²) in [5, 5.41) is 0. The van der Waals surface area contributed by atoms with E-state index in [1.54, 1.807) is 19.0 Å². The third-order valence-corrected chi connectivity index (χ3v) is 1.99. The van der Waals surface area contributed by atoms with E-state index in [4.69, 9.17) is 0 Å². The molecule has 0 saturated heterocycles. The highest BCUT2D eigenvalue weighted by Gasteiger charge is 2.30. The van der Waals surface area contributed by atoms with Crippen molar-refractivity contribution in [2.75, 3.05) is 20.6 Å². The van der Waals surface area contributed by atoms with Gasteiger partial charge in [-0.1, -0.05) is 12.1 Å². The molecule has 16 heavy (non-hydrogen) atoms. The molecule has 5 heteroatoms. The number of carbonyl (C=O) groups excluding carboxylic acids is 1. The number of ketones is 1. The van der Waals surface area contributed by atoms with Crippen LogP contribution in [0.1, 0.15) is 15.9 Å². The summed E-state index contributed by atoms with van der Waals surface area (Å²) in [6, 6.07) is 4.25. The first-order valence-electron chi connectivity index (χ1n) is 4.66. The first-order chi connectivity index (χ1) is 7.30. The summed E-state index contributed by atoms with van der Waals surface area (Å²) in [6.07, 6.45) is -4.36. The van der Waals surface area contributed by atoms with Crippen molar-refractivity contribution in [3.8, 4) is 0 Å². The van der Waals surface area contributed by atoms with Crippen molar-refractivity contribution < 1.29 is 18.0 Å². The van der Waals surface area contributed by atoms with E-state index in [-0.39, 0.29) is 12.3 Å². The van der Waals surface area contributed by atoms with Crippen molar-refractivity contribution in [1.29, 1.82) is 0 Å². The normalized spacial score (nSPS) is 11.9. The predicted molar refractivity (Wildman–Crippen MR) is 54.3 cm³/mol. The molecule has 0 saturated carbocycles. The summed E-state index contributed by atoms with van der Waals surface area (Å²) < 4.78 is 36.7. The Labute approximate surface area is 91.7 Å². The van der Waals surface area contributed by atoms with E-state index < -0.39 is 11.7 Å². The average Bonchev–Trinajstić information content (AvgIpc) is 2.15. The zero-order valence-corrected chi connectivity index (χ0v) is 9.01. The van der Waals surface area contributed by atoms with E-state index in [0.29, 0.717) is 5.56 Å². The molecule has 0 fully saturated rings. The standard InChI is InChI=1S/C11H12F3NO/c1-15(2)7-10(16)8-3-5-9(6-4-8)11(12,13)14/h3-6H,7H2,1-2H3. The van der Waals surface area contributed by atoms with Gasteiger partial charge in [0.15, 0.2) is 5.78 Å². The van der Waals surface area contributed by atoms with E-state index >= 15 is 0 Å². The number of nitrogens with zero attached hydrogens (tertiary/aromatic N) is 1. The molecule has 0 unspecified atom stereocenters. The van der Waals surface area contributed by atoms with Gasteiger partial charge in [0.25, 0.3) is 0 Å². The molecule has 0 amide bonds. The Morgan fingerprint density at radius 1 is 1.19 bits per heavy atom. The van der Waals surface area contributed by atoms with Crippen LogP contribution in [-0.2, 0) is 6.18 Å². The number of hydrogen-bond donors (Lipinski definition) is 0. The van der Waals surface area contributed by atoms with Gasteiger partial charge in [0.05, 0.1) is 12.1 Å². The van der Waals surface area contributed by atoms with Gasteiger partial charge in [0.2, 0.25) is 0 Å². The molecule has 0 N–H and O–H groups in total. The Morgan fingerprint density at radius 3 is 2.06 bits per heavy atom. The van der Waals surface area contributed by atoms with Crippen LogP contribution in [0.3, 0.4) is 0 Å². The lowest BCUT2D eigenvalue weighted by Gasteiger charge is -2.09. The highest BCUT2D eigenvalue weighted by molar-refractivity contribution is 5.97. The Hall–Kier alpha value is -1.36. The van der Waals surface area contributed by atoms with Gasteiger partial charge in [-0.05, 0) is 26.2 Å². The third-order valence-electron chi connectivity index (χ3n) is 1.99. The van der Waals surface area contributed by atoms with Gasteiger partial charge in [-0.3, -0.25) is 4.79 Å². The zero-order chi connectivity index (χ0) is 12.3. The molecule has 2 nitrogen and oxygen atoms in total. The lowest BCUT2D eigenvalue weighted by atomic mass is 10.1. The summed E-state index contributed by atoms with van der Waals surface area (Å²) in [4.78, 5) is 13.2. The molecule has 0 spiro atoms. The quantitative estimate of drug-likeness (QED) is 0.745. The van der Waals surface area contributed by atoms with E-state index in [2.05, 4.69) is 0 Å². The molecule has 88 valence electrons. The Morgan fingerprint density at radius 2 is 1.69 bits per heavy atom. The molecule has 0 aliphatic rings. The van der Waals surface area contributed by atoms with Crippen molar-refractivity contribution in [3.05, 3.63) is 35.4 Å². The fraction of sp³-hybridized carbons (Fsp3) is 0.364. The Kier molecular flexibility index (Phi) is 3.70. The van der Waals surface area contributed by atoms with Crippen molar-refractivity contribution in [2.24, 2.45) is 0 Å². The van der Waals surface area contributed by atoms with Crippen LogP contribution in [0.4, 0.5) is 13.2 Å². The number of rotatable bonds is 3. The molecule has 0 atom stereocenters. The van der Waals surface area contributed by atoms with E-state index in [1.165, 1.54) is 12.1 Å². The van der Waals surface area contributed by atoms with Crippen LogP contribution in [-0.4, -0.2) is 31.3 Å². The summed E-state index contributed by atoms with van der Waals surface area (Å²) in [6.45, 7) is 0.186. The molecular weight excluding hydrogens is 219 g/mol. The van der Waals surface area contributed by atoms with Crippen LogP contribution in [0.2, 0.25) is 0 Å². The maximum absolute atomic E-state index is 12.2. The SMILES string of the molecule is CN(C)CC(=O)c1ccc(C(F)(F)F)cc1. The highest BCUT2D eigenvalue weighted by Crippen LogP contribution is 2.29. The number of carbonyl (C=O) groups is 1. The maximum atomic E-state index is 12.2. The molecule has 0 aromatic heterocycles. The number of alkyl halides is 3. The van der Waals surface area contributed by atoms with Crippen molar-refractivity contribution >= 4 is 5.78 Å². The number of likely N-dealkylation sites (N-methyl/N-ethyl adjacent to an activating group) is 1. The minimum Gasteiger partial charge on any atom is -0.302 e. The predicted octanol–water partition coefficient (Wildman–Crippen LogP) is 2.45. The highest BCUT2D eigenvalue weighted by atomic mass is 19.4. The maximum Gasteiger partial charge on any atom is 0.416 e. The fourth-order valence-corrected chi connectivity index (χ4v) is 1.22. The Balaban J connectivity index is 2.83. The van der Waals surface area contributed by atoms with Crippen LogP contribution in [0.15, 0.2) is 24.3 Å². The van der Waals surface area contributed by atoms with E-state index in [9.17, 15) is 18.0 Å². The topological polar surface area (TPSA) is 20.3 Å². The minimum absolute atomic E-state index is 0.186. The smallest absolute Gasteiger partial charge is 0.302 e. The van der Waals surface area contributed by atoms with Crippen LogP contribution < -0.4 is 0 Å². The minimum atomic E-state index is -4.36. The number of hydrogen-bond acceptors (Lipinski definition) is 2. The third kappa shape index (κ3) is 3.34. The lowest BCUT2D eigenvalue weighted by molar-refractivity contribution is -0.137. The van der Waals surface area contributed by atoms with Crippen LogP contribution in [0, 0.1) is 0 Å². The second kappa shape index (κ2) is 4.65. The van der Waals surface area contributed by atoms with Gasteiger partial charge in [-0.2, -0.15) is 13.2 Å². The summed E-state index contributed by atoms with van der Waals surface area (Å²) in [7, 11) is 3.45. The molecular formula is C11H12F3NO. The molecule has 1 aromatic carbocycles. The van der Waals surface area contributed by atoms with Crippen molar-refractivity contribution in [1.82, 2.24) is 4.90 Å². The summed E-state index contributed by atoms with van der Waals surface area (Å²) >= 11 is 0. The molecule has 0 radical (unpaired) electrons. The van der Waals surface area contributed by atoms with Gasteiger partial charge in [-0.25, -0.2) is 0 Å². The largest absolute Gasteiger partial charge is 0.416 e. The molecule has 0 aliphatic carbocycles. The van der Waals surface area contributed by atoms with Crippen LogP contribution in [0.5, 0.6) is 0 Å². The second-order valence-corrected chi connectivity index (χ2v) is 3.74. The molecule has 0 bridgehead atoms. The molecule has 0 heterocycles. The van der Waals surface area contributed by atoms with Gasteiger partial charge in [0.1, 0.15) is 0 Å². The second-order valence-electron chi connectivity index (χ2n) is 3.74. The molecule has 1 rings (SSSR count). The fourth-order valence-electron chi connectivity index (χ4n) is 1.22. The molecule has 0 aliphatic heterocycles. The first kappa shape index (κ1) is 12.7. The summed E-state index contributed by atoms with van der Waals surface area (Å²) in [5.74, 6) is -0.196. The monoisotopic (exact) mass is 231 g/mol.